The molecule has 1 saturated heterocycles. The fourth-order valence-corrected chi connectivity index (χ4v) is 2.03. The summed E-state index contributed by atoms with van der Waals surface area (Å²) in [4.78, 5) is 26.4. The SMILES string of the molecule is CN1CCC(CN(C)C(=O)NC(=O)CCl)CC1. The monoisotopic (exact) mass is 261 g/mol. The van der Waals surface area contributed by atoms with Gasteiger partial charge in [-0.15, -0.1) is 11.6 Å². The minimum absolute atomic E-state index is 0.187. The zero-order valence-electron chi connectivity index (χ0n) is 10.4. The first-order valence-corrected chi connectivity index (χ1v) is 6.36. The number of carbonyl (C=O) groups excluding carboxylic acids is 2. The van der Waals surface area contributed by atoms with E-state index in [-0.39, 0.29) is 11.9 Å². The van der Waals surface area contributed by atoms with Gasteiger partial charge in [0.05, 0.1) is 0 Å². The number of nitrogens with one attached hydrogen (secondary N) is 1. The average molecular weight is 262 g/mol. The maximum atomic E-state index is 11.6. The van der Waals surface area contributed by atoms with E-state index >= 15 is 0 Å². The van der Waals surface area contributed by atoms with Gasteiger partial charge in [0.2, 0.25) is 5.91 Å². The smallest absolute Gasteiger partial charge is 0.323 e. The van der Waals surface area contributed by atoms with Gasteiger partial charge in [-0.25, -0.2) is 4.79 Å². The van der Waals surface area contributed by atoms with Crippen LogP contribution in [-0.4, -0.2) is 61.3 Å². The quantitative estimate of drug-likeness (QED) is 0.763. The topological polar surface area (TPSA) is 52.6 Å². The zero-order valence-corrected chi connectivity index (χ0v) is 11.2. The van der Waals surface area contributed by atoms with Crippen molar-refractivity contribution in [3.63, 3.8) is 0 Å². The molecule has 0 aromatic heterocycles. The molecule has 5 nitrogen and oxygen atoms in total. The molecule has 0 aromatic carbocycles. The lowest BCUT2D eigenvalue weighted by Crippen LogP contribution is -2.44. The van der Waals surface area contributed by atoms with E-state index in [1.807, 2.05) is 0 Å². The van der Waals surface area contributed by atoms with Gasteiger partial charge >= 0.3 is 6.03 Å². The van der Waals surface area contributed by atoms with Crippen molar-refractivity contribution in [1.29, 1.82) is 0 Å². The van der Waals surface area contributed by atoms with Crippen LogP contribution in [0.1, 0.15) is 12.8 Å². The molecule has 0 aliphatic carbocycles. The molecule has 0 aromatic rings. The predicted molar refractivity (Wildman–Crippen MR) is 67.1 cm³/mol. The molecule has 6 heteroatoms. The van der Waals surface area contributed by atoms with Gasteiger partial charge in [0.25, 0.3) is 0 Å². The Morgan fingerprint density at radius 1 is 1.41 bits per heavy atom. The highest BCUT2D eigenvalue weighted by atomic mass is 35.5. The summed E-state index contributed by atoms with van der Waals surface area (Å²) in [6.07, 6.45) is 2.19. The van der Waals surface area contributed by atoms with Crippen molar-refractivity contribution in [2.45, 2.75) is 12.8 Å². The number of hydrogen-bond acceptors (Lipinski definition) is 3. The summed E-state index contributed by atoms with van der Waals surface area (Å²) in [5, 5.41) is 2.23. The lowest BCUT2D eigenvalue weighted by molar-refractivity contribution is -0.117. The molecule has 17 heavy (non-hydrogen) atoms. The van der Waals surface area contributed by atoms with E-state index in [2.05, 4.69) is 17.3 Å². The molecule has 1 aliphatic heterocycles. The molecule has 0 radical (unpaired) electrons. The van der Waals surface area contributed by atoms with Gasteiger partial charge in [-0.1, -0.05) is 0 Å². The van der Waals surface area contributed by atoms with Crippen LogP contribution < -0.4 is 5.32 Å². The van der Waals surface area contributed by atoms with Crippen molar-refractivity contribution in [2.75, 3.05) is 39.6 Å². The summed E-state index contributed by atoms with van der Waals surface area (Å²) >= 11 is 5.32. The van der Waals surface area contributed by atoms with E-state index in [1.54, 1.807) is 11.9 Å². The van der Waals surface area contributed by atoms with E-state index in [9.17, 15) is 9.59 Å². The van der Waals surface area contributed by atoms with Crippen LogP contribution in [0.25, 0.3) is 0 Å². The summed E-state index contributed by atoms with van der Waals surface area (Å²) in [6, 6.07) is -0.366. The van der Waals surface area contributed by atoms with Crippen LogP contribution in [0.2, 0.25) is 0 Å². The number of nitrogens with zero attached hydrogens (tertiary/aromatic N) is 2. The van der Waals surface area contributed by atoms with Crippen molar-refractivity contribution in [1.82, 2.24) is 15.1 Å². The number of hydrogen-bond donors (Lipinski definition) is 1. The maximum absolute atomic E-state index is 11.6. The van der Waals surface area contributed by atoms with E-state index in [1.165, 1.54) is 0 Å². The summed E-state index contributed by atoms with van der Waals surface area (Å²) in [6.45, 7) is 2.83. The fraction of sp³-hybridized carbons (Fsp3) is 0.818. The Morgan fingerprint density at radius 2 is 2.00 bits per heavy atom. The third-order valence-corrected chi connectivity index (χ3v) is 3.33. The van der Waals surface area contributed by atoms with Crippen molar-refractivity contribution in [3.05, 3.63) is 0 Å². The minimum Gasteiger partial charge on any atom is -0.327 e. The fourth-order valence-electron chi connectivity index (χ4n) is 1.96. The largest absolute Gasteiger partial charge is 0.327 e. The Bertz CT molecular complexity index is 278. The van der Waals surface area contributed by atoms with Gasteiger partial charge in [-0.3, -0.25) is 10.1 Å². The second-order valence-corrected chi connectivity index (χ2v) is 4.88. The molecule has 1 N–H and O–H groups in total. The number of rotatable bonds is 3. The van der Waals surface area contributed by atoms with Crippen LogP contribution in [0, 0.1) is 5.92 Å². The number of amides is 3. The summed E-state index contributed by atoms with van der Waals surface area (Å²) in [5.41, 5.74) is 0. The highest BCUT2D eigenvalue weighted by Gasteiger charge is 2.20. The van der Waals surface area contributed by atoms with Gasteiger partial charge < -0.3 is 9.80 Å². The highest BCUT2D eigenvalue weighted by molar-refractivity contribution is 6.28. The van der Waals surface area contributed by atoms with E-state index in [0.717, 1.165) is 25.9 Å². The molecule has 0 saturated carbocycles. The minimum atomic E-state index is -0.452. The summed E-state index contributed by atoms with van der Waals surface area (Å²) in [7, 11) is 3.81. The number of halogens is 1. The molecule has 1 heterocycles. The summed E-state index contributed by atoms with van der Waals surface area (Å²) < 4.78 is 0. The number of likely N-dealkylation sites (tertiary alicyclic amines) is 1. The third kappa shape index (κ3) is 4.91. The van der Waals surface area contributed by atoms with Crippen molar-refractivity contribution >= 4 is 23.5 Å². The van der Waals surface area contributed by atoms with Crippen LogP contribution >= 0.6 is 11.6 Å². The number of piperidine rings is 1. The van der Waals surface area contributed by atoms with Crippen LogP contribution in [0.4, 0.5) is 4.79 Å². The zero-order chi connectivity index (χ0) is 12.8. The molecule has 0 atom stereocenters. The van der Waals surface area contributed by atoms with Crippen LogP contribution in [-0.2, 0) is 4.79 Å². The predicted octanol–water partition coefficient (Wildman–Crippen LogP) is 0.735. The van der Waals surface area contributed by atoms with Crippen LogP contribution in [0.3, 0.4) is 0 Å². The molecule has 1 fully saturated rings. The first-order valence-electron chi connectivity index (χ1n) is 5.82. The molecule has 0 unspecified atom stereocenters. The molecule has 0 bridgehead atoms. The number of imide groups is 1. The summed E-state index contributed by atoms with van der Waals surface area (Å²) in [5.74, 6) is -0.117. The number of carbonyl (C=O) groups is 2. The lowest BCUT2D eigenvalue weighted by atomic mass is 9.97. The maximum Gasteiger partial charge on any atom is 0.323 e. The first kappa shape index (κ1) is 14.3. The van der Waals surface area contributed by atoms with Gasteiger partial charge in [0.15, 0.2) is 0 Å². The van der Waals surface area contributed by atoms with Gasteiger partial charge in [0, 0.05) is 13.6 Å². The Morgan fingerprint density at radius 3 is 2.53 bits per heavy atom. The first-order chi connectivity index (χ1) is 8.02. The molecule has 3 amide bonds. The second kappa shape index (κ2) is 6.81. The average Bonchev–Trinajstić information content (AvgIpc) is 2.31. The van der Waals surface area contributed by atoms with E-state index in [0.29, 0.717) is 12.5 Å². The Balaban J connectivity index is 2.30. The Labute approximate surface area is 107 Å². The van der Waals surface area contributed by atoms with Gasteiger partial charge in [-0.05, 0) is 38.9 Å². The molecule has 1 rings (SSSR count). The molecular weight excluding hydrogens is 242 g/mol. The molecular formula is C11H20ClN3O2. The van der Waals surface area contributed by atoms with Crippen LogP contribution in [0.15, 0.2) is 0 Å². The second-order valence-electron chi connectivity index (χ2n) is 4.61. The number of urea groups is 1. The van der Waals surface area contributed by atoms with E-state index < -0.39 is 5.91 Å². The molecule has 98 valence electrons. The van der Waals surface area contributed by atoms with E-state index in [4.69, 9.17) is 11.6 Å². The van der Waals surface area contributed by atoms with Crippen LogP contribution in [0.5, 0.6) is 0 Å². The third-order valence-electron chi connectivity index (χ3n) is 3.08. The van der Waals surface area contributed by atoms with Gasteiger partial charge in [0.1, 0.15) is 5.88 Å². The highest BCUT2D eigenvalue weighted by Crippen LogP contribution is 2.16. The molecule has 1 aliphatic rings. The van der Waals surface area contributed by atoms with Gasteiger partial charge in [-0.2, -0.15) is 0 Å². The molecule has 0 spiro atoms. The van der Waals surface area contributed by atoms with Crippen molar-refractivity contribution in [2.24, 2.45) is 5.92 Å². The Kier molecular flexibility index (Phi) is 5.71. The Hall–Kier alpha value is -0.810. The lowest BCUT2D eigenvalue weighted by Gasteiger charge is -2.31. The normalized spacial score (nSPS) is 17.8. The van der Waals surface area contributed by atoms with Crippen molar-refractivity contribution < 1.29 is 9.59 Å². The van der Waals surface area contributed by atoms with Crippen molar-refractivity contribution in [3.8, 4) is 0 Å². The standard InChI is InChI=1S/C11H20ClN3O2/c1-14-5-3-9(4-6-14)8-15(2)11(17)13-10(16)7-12/h9H,3-8H2,1-2H3,(H,13,16,17). The number of alkyl halides is 1.